The number of amides is 1. The highest BCUT2D eigenvalue weighted by Crippen LogP contribution is 2.27. The van der Waals surface area contributed by atoms with E-state index in [1.807, 2.05) is 6.92 Å². The van der Waals surface area contributed by atoms with Gasteiger partial charge in [-0.1, -0.05) is 0 Å². The maximum atomic E-state index is 12.0. The van der Waals surface area contributed by atoms with E-state index in [2.05, 4.69) is 15.3 Å². The van der Waals surface area contributed by atoms with E-state index in [1.54, 1.807) is 12.4 Å². The zero-order valence-electron chi connectivity index (χ0n) is 9.19. The van der Waals surface area contributed by atoms with E-state index >= 15 is 0 Å². The van der Waals surface area contributed by atoms with Crippen molar-refractivity contribution < 1.29 is 9.53 Å². The largest absolute Gasteiger partial charge is 0.379 e. The molecule has 0 aliphatic carbocycles. The second kappa shape index (κ2) is 4.23. The van der Waals surface area contributed by atoms with Gasteiger partial charge in [-0.3, -0.25) is 4.79 Å². The number of carbonyl (C=O) groups is 1. The van der Waals surface area contributed by atoms with Crippen molar-refractivity contribution in [3.05, 3.63) is 18.2 Å². The van der Waals surface area contributed by atoms with Crippen LogP contribution in [0, 0.1) is 5.41 Å². The predicted octanol–water partition coefficient (Wildman–Crippen LogP) is -0.610. The maximum Gasteiger partial charge on any atom is 0.230 e. The van der Waals surface area contributed by atoms with Crippen LogP contribution in [-0.2, 0) is 16.1 Å². The molecule has 2 rings (SSSR count). The summed E-state index contributed by atoms with van der Waals surface area (Å²) in [6.07, 6.45) is 3.36. The summed E-state index contributed by atoms with van der Waals surface area (Å²) in [5.74, 6) is 0.637. The first kappa shape index (κ1) is 11.1. The van der Waals surface area contributed by atoms with Crippen molar-refractivity contribution in [2.45, 2.75) is 19.5 Å². The van der Waals surface area contributed by atoms with Crippen LogP contribution in [0.25, 0.3) is 0 Å². The van der Waals surface area contributed by atoms with Crippen molar-refractivity contribution in [1.82, 2.24) is 15.3 Å². The number of hydrogen-bond donors (Lipinski definition) is 3. The van der Waals surface area contributed by atoms with Crippen molar-refractivity contribution in [2.24, 2.45) is 11.1 Å². The molecule has 0 bridgehead atoms. The molecule has 6 heteroatoms. The van der Waals surface area contributed by atoms with E-state index in [-0.39, 0.29) is 11.9 Å². The Morgan fingerprint density at radius 1 is 1.88 bits per heavy atom. The predicted molar refractivity (Wildman–Crippen MR) is 57.3 cm³/mol. The Kier molecular flexibility index (Phi) is 2.93. The van der Waals surface area contributed by atoms with Crippen molar-refractivity contribution in [3.63, 3.8) is 0 Å². The standard InChI is InChI=1S/C10H16N4O2/c1-10(6-16-5-7(10)11)9(15)14-4-8-12-2-3-13-8/h2-3,7H,4-6,11H2,1H3,(H,12,13)(H,14,15). The smallest absolute Gasteiger partial charge is 0.230 e. The van der Waals surface area contributed by atoms with Gasteiger partial charge in [-0.15, -0.1) is 0 Å². The summed E-state index contributed by atoms with van der Waals surface area (Å²) < 4.78 is 5.22. The second-order valence-corrected chi connectivity index (χ2v) is 4.26. The van der Waals surface area contributed by atoms with Crippen LogP contribution in [0.5, 0.6) is 0 Å². The fraction of sp³-hybridized carbons (Fsp3) is 0.600. The van der Waals surface area contributed by atoms with Gasteiger partial charge in [-0.2, -0.15) is 0 Å². The number of nitrogens with one attached hydrogen (secondary N) is 2. The van der Waals surface area contributed by atoms with E-state index in [9.17, 15) is 4.79 Å². The van der Waals surface area contributed by atoms with Crippen LogP contribution >= 0.6 is 0 Å². The molecule has 0 aromatic carbocycles. The number of H-pyrrole nitrogens is 1. The summed E-state index contributed by atoms with van der Waals surface area (Å²) in [4.78, 5) is 18.9. The van der Waals surface area contributed by atoms with Crippen molar-refractivity contribution in [3.8, 4) is 0 Å². The third kappa shape index (κ3) is 1.94. The number of rotatable bonds is 3. The van der Waals surface area contributed by atoms with Crippen LogP contribution < -0.4 is 11.1 Å². The van der Waals surface area contributed by atoms with Gasteiger partial charge < -0.3 is 20.8 Å². The van der Waals surface area contributed by atoms with Gasteiger partial charge >= 0.3 is 0 Å². The lowest BCUT2D eigenvalue weighted by molar-refractivity contribution is -0.130. The summed E-state index contributed by atoms with van der Waals surface area (Å²) >= 11 is 0. The first-order valence-corrected chi connectivity index (χ1v) is 5.23. The zero-order valence-corrected chi connectivity index (χ0v) is 9.19. The third-order valence-corrected chi connectivity index (χ3v) is 3.01. The molecule has 1 aromatic heterocycles. The Balaban J connectivity index is 1.93. The molecular formula is C10H16N4O2. The van der Waals surface area contributed by atoms with Crippen molar-refractivity contribution >= 4 is 5.91 Å². The molecule has 2 heterocycles. The fourth-order valence-corrected chi connectivity index (χ4v) is 1.68. The molecule has 1 aliphatic heterocycles. The second-order valence-electron chi connectivity index (χ2n) is 4.26. The average molecular weight is 224 g/mol. The lowest BCUT2D eigenvalue weighted by Crippen LogP contribution is -2.49. The van der Waals surface area contributed by atoms with Gasteiger partial charge in [0.25, 0.3) is 0 Å². The first-order valence-electron chi connectivity index (χ1n) is 5.23. The number of ether oxygens (including phenoxy) is 1. The first-order chi connectivity index (χ1) is 7.63. The molecule has 1 aromatic rings. The van der Waals surface area contributed by atoms with Gasteiger partial charge in [0, 0.05) is 18.4 Å². The topological polar surface area (TPSA) is 93.0 Å². The quantitative estimate of drug-likeness (QED) is 0.638. The van der Waals surface area contributed by atoms with Gasteiger partial charge in [0.05, 0.1) is 25.2 Å². The van der Waals surface area contributed by atoms with Crippen LogP contribution in [0.1, 0.15) is 12.7 Å². The number of nitrogens with two attached hydrogens (primary N) is 1. The minimum absolute atomic E-state index is 0.0890. The maximum absolute atomic E-state index is 12.0. The number of carbonyl (C=O) groups excluding carboxylic acids is 1. The Hall–Kier alpha value is -1.40. The van der Waals surface area contributed by atoms with Crippen LogP contribution in [0.2, 0.25) is 0 Å². The third-order valence-electron chi connectivity index (χ3n) is 3.01. The molecule has 16 heavy (non-hydrogen) atoms. The number of nitrogens with zero attached hydrogens (tertiary/aromatic N) is 1. The van der Waals surface area contributed by atoms with E-state index in [4.69, 9.17) is 10.5 Å². The van der Waals surface area contributed by atoms with Gasteiger partial charge in [0.2, 0.25) is 5.91 Å². The Morgan fingerprint density at radius 2 is 2.69 bits per heavy atom. The minimum atomic E-state index is -0.632. The summed E-state index contributed by atoms with van der Waals surface area (Å²) in [7, 11) is 0. The molecular weight excluding hydrogens is 208 g/mol. The molecule has 1 aliphatic rings. The number of hydrogen-bond acceptors (Lipinski definition) is 4. The van der Waals surface area contributed by atoms with Gasteiger partial charge in [0.1, 0.15) is 5.82 Å². The Bertz CT molecular complexity index is 365. The van der Waals surface area contributed by atoms with Crippen LogP contribution in [0.4, 0.5) is 0 Å². The molecule has 1 fully saturated rings. The van der Waals surface area contributed by atoms with Crippen molar-refractivity contribution in [2.75, 3.05) is 13.2 Å². The molecule has 1 amide bonds. The summed E-state index contributed by atoms with van der Waals surface area (Å²) in [5, 5.41) is 2.81. The number of imidazole rings is 1. The highest BCUT2D eigenvalue weighted by Gasteiger charge is 2.44. The van der Waals surface area contributed by atoms with Crippen LogP contribution in [0.3, 0.4) is 0 Å². The number of aromatic amines is 1. The summed E-state index contributed by atoms with van der Waals surface area (Å²) in [5.41, 5.74) is 5.22. The lowest BCUT2D eigenvalue weighted by atomic mass is 9.85. The van der Waals surface area contributed by atoms with E-state index in [1.165, 1.54) is 0 Å². The summed E-state index contributed by atoms with van der Waals surface area (Å²) in [6, 6.07) is -0.246. The van der Waals surface area contributed by atoms with E-state index in [0.717, 1.165) is 5.82 Å². The molecule has 88 valence electrons. The van der Waals surface area contributed by atoms with E-state index < -0.39 is 5.41 Å². The molecule has 2 atom stereocenters. The highest BCUT2D eigenvalue weighted by molar-refractivity contribution is 5.83. The van der Waals surface area contributed by atoms with Gasteiger partial charge in [-0.05, 0) is 6.92 Å². The lowest BCUT2D eigenvalue weighted by Gasteiger charge is -2.25. The van der Waals surface area contributed by atoms with Crippen molar-refractivity contribution in [1.29, 1.82) is 0 Å². The van der Waals surface area contributed by atoms with Crippen LogP contribution in [-0.4, -0.2) is 35.1 Å². The molecule has 6 nitrogen and oxygen atoms in total. The summed E-state index contributed by atoms with van der Waals surface area (Å²) in [6.45, 7) is 3.01. The molecule has 2 unspecified atom stereocenters. The average Bonchev–Trinajstić information content (AvgIpc) is 2.87. The minimum Gasteiger partial charge on any atom is -0.379 e. The van der Waals surface area contributed by atoms with Crippen LogP contribution in [0.15, 0.2) is 12.4 Å². The molecule has 0 spiro atoms. The van der Waals surface area contributed by atoms with Gasteiger partial charge in [0.15, 0.2) is 0 Å². The monoisotopic (exact) mass is 224 g/mol. The van der Waals surface area contributed by atoms with E-state index in [0.29, 0.717) is 19.8 Å². The molecule has 1 saturated heterocycles. The highest BCUT2D eigenvalue weighted by atomic mass is 16.5. The zero-order chi connectivity index (χ0) is 11.6. The SMILES string of the molecule is CC1(C(=O)NCc2ncc[nH]2)COCC1N. The number of aromatic nitrogens is 2. The normalized spacial score (nSPS) is 29.2. The fourth-order valence-electron chi connectivity index (χ4n) is 1.68. The molecule has 0 saturated carbocycles. The molecule has 0 radical (unpaired) electrons. The van der Waals surface area contributed by atoms with Gasteiger partial charge in [-0.25, -0.2) is 4.98 Å². The Labute approximate surface area is 93.6 Å². The molecule has 4 N–H and O–H groups in total. The Morgan fingerprint density at radius 3 is 3.25 bits per heavy atom.